The zero-order valence-corrected chi connectivity index (χ0v) is 8.34. The van der Waals surface area contributed by atoms with Crippen molar-refractivity contribution >= 4 is 0 Å². The maximum Gasteiger partial charge on any atom is 0.216 e. The summed E-state index contributed by atoms with van der Waals surface area (Å²) in [5.41, 5.74) is 1.27. The minimum absolute atomic E-state index is 0.626. The quantitative estimate of drug-likeness (QED) is 0.758. The summed E-state index contributed by atoms with van der Waals surface area (Å²) in [6, 6.07) is 12.0. The fraction of sp³-hybridized carbons (Fsp3) is 0.167. The molecule has 1 aromatic carbocycles. The van der Waals surface area contributed by atoms with Crippen molar-refractivity contribution in [1.29, 1.82) is 0 Å². The molecule has 2 rings (SSSR count). The van der Waals surface area contributed by atoms with Crippen LogP contribution in [0.4, 0.5) is 0 Å². The summed E-state index contributed by atoms with van der Waals surface area (Å²) < 4.78 is 5.46. The summed E-state index contributed by atoms with van der Waals surface area (Å²) in [4.78, 5) is 7.80. The SMILES string of the molecule is c1ccc(CCOc2ccncn2)cc1. The third-order valence-electron chi connectivity index (χ3n) is 2.04. The van der Waals surface area contributed by atoms with Gasteiger partial charge in [-0.1, -0.05) is 30.3 Å². The monoisotopic (exact) mass is 200 g/mol. The minimum atomic E-state index is 0.626. The molecule has 0 radical (unpaired) electrons. The molecule has 3 heteroatoms. The fourth-order valence-electron chi connectivity index (χ4n) is 1.28. The van der Waals surface area contributed by atoms with Gasteiger partial charge in [-0.2, -0.15) is 0 Å². The summed E-state index contributed by atoms with van der Waals surface area (Å²) in [7, 11) is 0. The molecule has 0 unspecified atom stereocenters. The van der Waals surface area contributed by atoms with Crippen LogP contribution >= 0.6 is 0 Å². The van der Waals surface area contributed by atoms with Crippen LogP contribution in [0.3, 0.4) is 0 Å². The van der Waals surface area contributed by atoms with Crippen molar-refractivity contribution in [3.63, 3.8) is 0 Å². The largest absolute Gasteiger partial charge is 0.477 e. The molecule has 0 saturated heterocycles. The van der Waals surface area contributed by atoms with Gasteiger partial charge in [0.05, 0.1) is 6.61 Å². The molecule has 0 amide bonds. The van der Waals surface area contributed by atoms with E-state index in [1.807, 2.05) is 18.2 Å². The first-order valence-electron chi connectivity index (χ1n) is 4.88. The van der Waals surface area contributed by atoms with E-state index in [4.69, 9.17) is 4.74 Å². The van der Waals surface area contributed by atoms with Gasteiger partial charge in [0.1, 0.15) is 6.33 Å². The number of nitrogens with zero attached hydrogens (tertiary/aromatic N) is 2. The highest BCUT2D eigenvalue weighted by molar-refractivity contribution is 5.15. The van der Waals surface area contributed by atoms with E-state index in [0.717, 1.165) is 6.42 Å². The predicted octanol–water partition coefficient (Wildman–Crippen LogP) is 2.10. The van der Waals surface area contributed by atoms with Crippen LogP contribution in [-0.4, -0.2) is 16.6 Å². The van der Waals surface area contributed by atoms with Crippen LogP contribution in [-0.2, 0) is 6.42 Å². The van der Waals surface area contributed by atoms with Gasteiger partial charge in [0.2, 0.25) is 5.88 Å². The number of ether oxygens (including phenoxy) is 1. The minimum Gasteiger partial charge on any atom is -0.477 e. The molecule has 3 nitrogen and oxygen atoms in total. The molecule has 1 aromatic heterocycles. The van der Waals surface area contributed by atoms with Gasteiger partial charge in [-0.25, -0.2) is 9.97 Å². The third kappa shape index (κ3) is 3.06. The molecule has 0 aliphatic heterocycles. The van der Waals surface area contributed by atoms with Crippen LogP contribution in [0.15, 0.2) is 48.9 Å². The third-order valence-corrected chi connectivity index (χ3v) is 2.04. The van der Waals surface area contributed by atoms with Crippen molar-refractivity contribution < 1.29 is 4.74 Å². The Balaban J connectivity index is 1.81. The molecule has 76 valence electrons. The van der Waals surface area contributed by atoms with Crippen molar-refractivity contribution in [3.05, 3.63) is 54.5 Å². The molecule has 2 aromatic rings. The molecule has 0 atom stereocenters. The maximum absolute atomic E-state index is 5.46. The second-order valence-corrected chi connectivity index (χ2v) is 3.13. The van der Waals surface area contributed by atoms with E-state index < -0.39 is 0 Å². The molecule has 15 heavy (non-hydrogen) atoms. The number of hydrogen-bond acceptors (Lipinski definition) is 3. The summed E-state index contributed by atoms with van der Waals surface area (Å²) in [6.45, 7) is 0.640. The Bertz CT molecular complexity index is 349. The molecule has 0 fully saturated rings. The van der Waals surface area contributed by atoms with Crippen molar-refractivity contribution in [2.45, 2.75) is 6.42 Å². The predicted molar refractivity (Wildman–Crippen MR) is 57.7 cm³/mol. The van der Waals surface area contributed by atoms with Crippen molar-refractivity contribution in [3.8, 4) is 5.88 Å². The molecular weight excluding hydrogens is 188 g/mol. The number of hydrogen-bond donors (Lipinski definition) is 0. The topological polar surface area (TPSA) is 35.0 Å². The van der Waals surface area contributed by atoms with Crippen LogP contribution in [0.1, 0.15) is 5.56 Å². The van der Waals surface area contributed by atoms with Gasteiger partial charge >= 0.3 is 0 Å². The summed E-state index contributed by atoms with van der Waals surface area (Å²) in [5.74, 6) is 0.626. The number of rotatable bonds is 4. The summed E-state index contributed by atoms with van der Waals surface area (Å²) >= 11 is 0. The van der Waals surface area contributed by atoms with E-state index in [-0.39, 0.29) is 0 Å². The lowest BCUT2D eigenvalue weighted by atomic mass is 10.2. The van der Waals surface area contributed by atoms with Crippen LogP contribution in [0.25, 0.3) is 0 Å². The zero-order chi connectivity index (χ0) is 10.3. The van der Waals surface area contributed by atoms with Crippen LogP contribution in [0.5, 0.6) is 5.88 Å². The lowest BCUT2D eigenvalue weighted by Gasteiger charge is -2.04. The number of benzene rings is 1. The van der Waals surface area contributed by atoms with Crippen LogP contribution < -0.4 is 4.74 Å². The van der Waals surface area contributed by atoms with Gasteiger partial charge in [0.15, 0.2) is 0 Å². The Hall–Kier alpha value is -1.90. The van der Waals surface area contributed by atoms with E-state index in [1.54, 1.807) is 12.3 Å². The smallest absolute Gasteiger partial charge is 0.216 e. The summed E-state index contributed by atoms with van der Waals surface area (Å²) in [5, 5.41) is 0. The second kappa shape index (κ2) is 5.10. The molecular formula is C12H12N2O. The molecule has 0 spiro atoms. The van der Waals surface area contributed by atoms with Crippen LogP contribution in [0.2, 0.25) is 0 Å². The summed E-state index contributed by atoms with van der Waals surface area (Å²) in [6.07, 6.45) is 4.05. The Morgan fingerprint density at radius 3 is 2.67 bits per heavy atom. The van der Waals surface area contributed by atoms with E-state index >= 15 is 0 Å². The molecule has 0 bridgehead atoms. The Kier molecular flexibility index (Phi) is 3.28. The maximum atomic E-state index is 5.46. The Morgan fingerprint density at radius 2 is 1.93 bits per heavy atom. The Labute approximate surface area is 88.8 Å². The van der Waals surface area contributed by atoms with E-state index in [0.29, 0.717) is 12.5 Å². The van der Waals surface area contributed by atoms with Gasteiger partial charge in [0, 0.05) is 18.7 Å². The molecule has 1 heterocycles. The van der Waals surface area contributed by atoms with Gasteiger partial charge < -0.3 is 4.74 Å². The first-order chi connectivity index (χ1) is 7.45. The van der Waals surface area contributed by atoms with Gasteiger partial charge in [-0.3, -0.25) is 0 Å². The van der Waals surface area contributed by atoms with Crippen molar-refractivity contribution in [2.75, 3.05) is 6.61 Å². The fourth-order valence-corrected chi connectivity index (χ4v) is 1.28. The van der Waals surface area contributed by atoms with E-state index in [2.05, 4.69) is 22.1 Å². The standard InChI is InChI=1S/C12H12N2O/c1-2-4-11(5-3-1)7-9-15-12-6-8-13-10-14-12/h1-6,8,10H,7,9H2. The van der Waals surface area contributed by atoms with Gasteiger partial charge in [-0.15, -0.1) is 0 Å². The molecule has 0 aliphatic rings. The van der Waals surface area contributed by atoms with Crippen LogP contribution in [0, 0.1) is 0 Å². The van der Waals surface area contributed by atoms with Gasteiger partial charge in [0.25, 0.3) is 0 Å². The highest BCUT2D eigenvalue weighted by Crippen LogP contribution is 2.04. The normalized spacial score (nSPS) is 9.87. The lowest BCUT2D eigenvalue weighted by molar-refractivity contribution is 0.309. The molecule has 0 N–H and O–H groups in total. The van der Waals surface area contributed by atoms with Crippen molar-refractivity contribution in [1.82, 2.24) is 9.97 Å². The highest BCUT2D eigenvalue weighted by atomic mass is 16.5. The second-order valence-electron chi connectivity index (χ2n) is 3.13. The number of aromatic nitrogens is 2. The molecule has 0 aliphatic carbocycles. The van der Waals surface area contributed by atoms with E-state index in [9.17, 15) is 0 Å². The zero-order valence-electron chi connectivity index (χ0n) is 8.34. The van der Waals surface area contributed by atoms with E-state index in [1.165, 1.54) is 11.9 Å². The highest BCUT2D eigenvalue weighted by Gasteiger charge is 1.94. The average Bonchev–Trinajstić information content (AvgIpc) is 2.32. The van der Waals surface area contributed by atoms with Crippen molar-refractivity contribution in [2.24, 2.45) is 0 Å². The first-order valence-corrected chi connectivity index (χ1v) is 4.88. The Morgan fingerprint density at radius 1 is 1.07 bits per heavy atom. The molecule has 0 saturated carbocycles. The lowest BCUT2D eigenvalue weighted by Crippen LogP contribution is -2.02. The average molecular weight is 200 g/mol. The van der Waals surface area contributed by atoms with Gasteiger partial charge in [-0.05, 0) is 5.56 Å². The first kappa shape index (κ1) is 9.65.